The average molecular weight is 210 g/mol. The Bertz CT molecular complexity index is 309. The number of rotatable bonds is 2. The van der Waals surface area contributed by atoms with Gasteiger partial charge in [0.2, 0.25) is 6.39 Å². The molecule has 1 N–H and O–H groups in total. The number of nitrogens with one attached hydrogen (secondary N) is 1. The van der Waals surface area contributed by atoms with Crippen molar-refractivity contribution in [3.05, 3.63) is 12.2 Å². The van der Waals surface area contributed by atoms with E-state index >= 15 is 0 Å². The topological polar surface area (TPSA) is 54.2 Å². The molecule has 15 heavy (non-hydrogen) atoms. The molecule has 1 atom stereocenters. The molecule has 1 aliphatic rings. The monoisotopic (exact) mass is 210 g/mol. The molecule has 1 aromatic rings. The Balaban J connectivity index is 2.01. The molecule has 2 rings (SSSR count). The minimum absolute atomic E-state index is 0.163. The lowest BCUT2D eigenvalue weighted by atomic mass is 9.99. The fourth-order valence-corrected chi connectivity index (χ4v) is 1.93. The minimum Gasteiger partial charge on any atom is -0.343 e. The predicted molar refractivity (Wildman–Crippen MR) is 56.3 cm³/mol. The highest BCUT2D eigenvalue weighted by molar-refractivity contribution is 4.92. The van der Waals surface area contributed by atoms with Crippen LogP contribution in [0.4, 0.5) is 0 Å². The van der Waals surface area contributed by atoms with Gasteiger partial charge in [0.25, 0.3) is 0 Å². The Kier molecular flexibility index (Phi) is 2.75. The summed E-state index contributed by atoms with van der Waals surface area (Å²) in [7, 11) is 0. The zero-order chi connectivity index (χ0) is 10.9. The van der Waals surface area contributed by atoms with Crippen LogP contribution in [0.5, 0.6) is 0 Å². The molecule has 2 heterocycles. The molecule has 1 unspecified atom stereocenters. The molecule has 1 fully saturated rings. The molecule has 1 saturated heterocycles. The summed E-state index contributed by atoms with van der Waals surface area (Å²) >= 11 is 0. The highest BCUT2D eigenvalue weighted by atomic mass is 16.5. The smallest absolute Gasteiger partial charge is 0.213 e. The fourth-order valence-electron chi connectivity index (χ4n) is 1.93. The van der Waals surface area contributed by atoms with E-state index in [0.717, 1.165) is 25.5 Å². The van der Waals surface area contributed by atoms with E-state index in [9.17, 15) is 0 Å². The van der Waals surface area contributed by atoms with Gasteiger partial charge in [-0.1, -0.05) is 5.16 Å². The Hall–Kier alpha value is -0.940. The molecule has 5 nitrogen and oxygen atoms in total. The number of nitrogens with zero attached hydrogens (tertiary/aromatic N) is 3. The largest absolute Gasteiger partial charge is 0.343 e. The van der Waals surface area contributed by atoms with Gasteiger partial charge in [0.05, 0.1) is 6.54 Å². The molecule has 1 aliphatic heterocycles. The molecule has 1 aromatic heterocycles. The number of hydrogen-bond donors (Lipinski definition) is 1. The molecular formula is C10H18N4O. The highest BCUT2D eigenvalue weighted by Crippen LogP contribution is 2.16. The quantitative estimate of drug-likeness (QED) is 0.776. The normalized spacial score (nSPS) is 26.7. The third-order valence-corrected chi connectivity index (χ3v) is 2.85. The molecule has 5 heteroatoms. The van der Waals surface area contributed by atoms with Crippen molar-refractivity contribution in [2.45, 2.75) is 38.9 Å². The van der Waals surface area contributed by atoms with Crippen LogP contribution in [0.15, 0.2) is 10.9 Å². The highest BCUT2D eigenvalue weighted by Gasteiger charge is 2.30. The van der Waals surface area contributed by atoms with Gasteiger partial charge in [0.15, 0.2) is 5.82 Å². The summed E-state index contributed by atoms with van der Waals surface area (Å²) in [5.74, 6) is 0.763. The van der Waals surface area contributed by atoms with Gasteiger partial charge >= 0.3 is 0 Å². The summed E-state index contributed by atoms with van der Waals surface area (Å²) in [6, 6.07) is 0.511. The van der Waals surface area contributed by atoms with Crippen LogP contribution in [0.25, 0.3) is 0 Å². The standard InChI is InChI=1S/C10H18N4O/c1-8-4-12-10(2,3)6-14(8)5-9-11-7-15-13-9/h7-8,12H,4-6H2,1-3H3. The van der Waals surface area contributed by atoms with Crippen molar-refractivity contribution in [2.75, 3.05) is 13.1 Å². The van der Waals surface area contributed by atoms with E-state index in [-0.39, 0.29) is 5.54 Å². The van der Waals surface area contributed by atoms with Crippen molar-refractivity contribution in [2.24, 2.45) is 0 Å². The predicted octanol–water partition coefficient (Wildman–Crippen LogP) is 0.642. The molecule has 84 valence electrons. The Labute approximate surface area is 89.8 Å². The number of piperazine rings is 1. The fraction of sp³-hybridized carbons (Fsp3) is 0.800. The molecule has 0 bridgehead atoms. The van der Waals surface area contributed by atoms with Gasteiger partial charge in [0.1, 0.15) is 0 Å². The van der Waals surface area contributed by atoms with Crippen molar-refractivity contribution in [1.29, 1.82) is 0 Å². The first-order valence-electron chi connectivity index (χ1n) is 5.31. The van der Waals surface area contributed by atoms with Gasteiger partial charge in [0, 0.05) is 24.7 Å². The van der Waals surface area contributed by atoms with E-state index < -0.39 is 0 Å². The van der Waals surface area contributed by atoms with E-state index in [2.05, 4.69) is 41.1 Å². The summed E-state index contributed by atoms with van der Waals surface area (Å²) in [5.41, 5.74) is 0.163. The first-order valence-corrected chi connectivity index (χ1v) is 5.31. The lowest BCUT2D eigenvalue weighted by molar-refractivity contribution is 0.0943. The summed E-state index contributed by atoms with van der Waals surface area (Å²) in [6.07, 6.45) is 1.38. The Morgan fingerprint density at radius 3 is 3.13 bits per heavy atom. The van der Waals surface area contributed by atoms with Gasteiger partial charge in [-0.25, -0.2) is 0 Å². The molecular weight excluding hydrogens is 192 g/mol. The first kappa shape index (κ1) is 10.6. The minimum atomic E-state index is 0.163. The Morgan fingerprint density at radius 1 is 1.67 bits per heavy atom. The maximum atomic E-state index is 4.74. The molecule has 0 radical (unpaired) electrons. The third-order valence-electron chi connectivity index (χ3n) is 2.85. The van der Waals surface area contributed by atoms with Crippen LogP contribution in [-0.4, -0.2) is 39.7 Å². The second-order valence-corrected chi connectivity index (χ2v) is 4.87. The second kappa shape index (κ2) is 3.90. The summed E-state index contributed by atoms with van der Waals surface area (Å²) < 4.78 is 4.74. The molecule has 0 saturated carbocycles. The van der Waals surface area contributed by atoms with Gasteiger partial charge in [-0.05, 0) is 20.8 Å². The van der Waals surface area contributed by atoms with Crippen LogP contribution < -0.4 is 5.32 Å². The van der Waals surface area contributed by atoms with E-state index in [1.807, 2.05) is 0 Å². The number of hydrogen-bond acceptors (Lipinski definition) is 5. The average Bonchev–Trinajstić information content (AvgIpc) is 2.64. The maximum Gasteiger partial charge on any atom is 0.213 e. The Morgan fingerprint density at radius 2 is 2.47 bits per heavy atom. The second-order valence-electron chi connectivity index (χ2n) is 4.87. The van der Waals surface area contributed by atoms with E-state index in [1.54, 1.807) is 0 Å². The SMILES string of the molecule is CC1CNC(C)(C)CN1Cc1ncon1. The maximum absolute atomic E-state index is 4.74. The molecule has 0 aromatic carbocycles. The van der Waals surface area contributed by atoms with Crippen LogP contribution in [0.2, 0.25) is 0 Å². The lowest BCUT2D eigenvalue weighted by Gasteiger charge is -2.42. The zero-order valence-electron chi connectivity index (χ0n) is 9.53. The zero-order valence-corrected chi connectivity index (χ0v) is 9.53. The number of aromatic nitrogens is 2. The van der Waals surface area contributed by atoms with Crippen LogP contribution >= 0.6 is 0 Å². The van der Waals surface area contributed by atoms with Crippen molar-refractivity contribution in [3.8, 4) is 0 Å². The van der Waals surface area contributed by atoms with Crippen LogP contribution in [0.1, 0.15) is 26.6 Å². The summed E-state index contributed by atoms with van der Waals surface area (Å²) in [4.78, 5) is 6.43. The first-order chi connectivity index (χ1) is 7.07. The van der Waals surface area contributed by atoms with Gasteiger partial charge < -0.3 is 9.84 Å². The van der Waals surface area contributed by atoms with Gasteiger partial charge in [-0.2, -0.15) is 4.98 Å². The van der Waals surface area contributed by atoms with E-state index in [4.69, 9.17) is 4.52 Å². The van der Waals surface area contributed by atoms with Gasteiger partial charge in [-0.3, -0.25) is 4.90 Å². The van der Waals surface area contributed by atoms with Crippen molar-refractivity contribution < 1.29 is 4.52 Å². The molecule has 0 spiro atoms. The van der Waals surface area contributed by atoms with E-state index in [1.165, 1.54) is 6.39 Å². The van der Waals surface area contributed by atoms with E-state index in [0.29, 0.717) is 6.04 Å². The summed E-state index contributed by atoms with van der Waals surface area (Å²) in [6.45, 7) is 9.41. The lowest BCUT2D eigenvalue weighted by Crippen LogP contribution is -2.60. The van der Waals surface area contributed by atoms with Crippen LogP contribution in [-0.2, 0) is 6.54 Å². The van der Waals surface area contributed by atoms with Crippen LogP contribution in [0.3, 0.4) is 0 Å². The van der Waals surface area contributed by atoms with Crippen molar-refractivity contribution >= 4 is 0 Å². The van der Waals surface area contributed by atoms with Gasteiger partial charge in [-0.15, -0.1) is 0 Å². The molecule has 0 amide bonds. The molecule has 0 aliphatic carbocycles. The third kappa shape index (κ3) is 2.54. The van der Waals surface area contributed by atoms with Crippen molar-refractivity contribution in [1.82, 2.24) is 20.4 Å². The summed E-state index contributed by atoms with van der Waals surface area (Å²) in [5, 5.41) is 7.36. The van der Waals surface area contributed by atoms with Crippen molar-refractivity contribution in [3.63, 3.8) is 0 Å². The van der Waals surface area contributed by atoms with Crippen LogP contribution in [0, 0.1) is 0 Å².